The average molecular weight is 1140 g/mol. The van der Waals surface area contributed by atoms with Gasteiger partial charge in [-0.3, -0.25) is 14.4 Å². The molecule has 0 spiro atoms. The Labute approximate surface area is 507 Å². The average Bonchev–Trinajstić information content (AvgIpc) is 3.47. The predicted octanol–water partition coefficient (Wildman–Crippen LogP) is 23.9. The number of carbonyl (C=O) groups is 3. The van der Waals surface area contributed by atoms with Crippen molar-refractivity contribution in [2.24, 2.45) is 0 Å². The molecule has 0 rings (SSSR count). The first-order valence-electron chi connectivity index (χ1n) is 34.5. The van der Waals surface area contributed by atoms with Crippen molar-refractivity contribution in [2.45, 2.75) is 329 Å². The molecule has 0 bridgehead atoms. The van der Waals surface area contributed by atoms with E-state index in [1.807, 2.05) is 0 Å². The van der Waals surface area contributed by atoms with Crippen molar-refractivity contribution in [1.29, 1.82) is 0 Å². The molecule has 0 saturated carbocycles. The molecule has 6 nitrogen and oxygen atoms in total. The highest BCUT2D eigenvalue weighted by Crippen LogP contribution is 2.16. The molecule has 0 aliphatic rings. The number of ether oxygens (including phenoxy) is 3. The summed E-state index contributed by atoms with van der Waals surface area (Å²) in [6.45, 7) is 6.48. The first kappa shape index (κ1) is 77.8. The van der Waals surface area contributed by atoms with Gasteiger partial charge >= 0.3 is 17.9 Å². The Morgan fingerprint density at radius 2 is 0.476 bits per heavy atom. The van der Waals surface area contributed by atoms with Crippen LogP contribution in [0.3, 0.4) is 0 Å². The van der Waals surface area contributed by atoms with E-state index in [2.05, 4.69) is 142 Å². The summed E-state index contributed by atoms with van der Waals surface area (Å²) >= 11 is 0. The fourth-order valence-electron chi connectivity index (χ4n) is 9.51. The number of carbonyl (C=O) groups excluding carboxylic acids is 3. The third-order valence-corrected chi connectivity index (χ3v) is 14.7. The van der Waals surface area contributed by atoms with E-state index in [-0.39, 0.29) is 37.5 Å². The maximum atomic E-state index is 12.9. The topological polar surface area (TPSA) is 78.9 Å². The molecule has 0 N–H and O–H groups in total. The van der Waals surface area contributed by atoms with Gasteiger partial charge in [0.25, 0.3) is 0 Å². The molecule has 0 aromatic heterocycles. The van der Waals surface area contributed by atoms with Crippen molar-refractivity contribution in [1.82, 2.24) is 0 Å². The van der Waals surface area contributed by atoms with Gasteiger partial charge in [-0.2, -0.15) is 0 Å². The minimum absolute atomic E-state index is 0.0976. The van der Waals surface area contributed by atoms with Crippen LogP contribution >= 0.6 is 0 Å². The highest BCUT2D eigenvalue weighted by molar-refractivity contribution is 5.71. The molecule has 0 aliphatic heterocycles. The van der Waals surface area contributed by atoms with Crippen LogP contribution in [0, 0.1) is 0 Å². The van der Waals surface area contributed by atoms with Crippen LogP contribution in [0.15, 0.2) is 122 Å². The van der Waals surface area contributed by atoms with Gasteiger partial charge in [0.2, 0.25) is 0 Å². The monoisotopic (exact) mass is 1140 g/mol. The van der Waals surface area contributed by atoms with E-state index in [0.29, 0.717) is 12.8 Å². The SMILES string of the molecule is CC/C=C\C/C=C\C/C=C\C/C=C\C/C=C\CCCCCC(=O)OC(COC(=O)CCCCCCC/C=C\C/C=C\CCCCCC)COC(=O)CCCCCCCCCCCCCCCC/C=C\C/C=C\C/C=C\CCCCCCC. The molecule has 0 aromatic carbocycles. The quantitative estimate of drug-likeness (QED) is 0.0261. The number of esters is 3. The Kier molecular flexibility index (Phi) is 65.8. The highest BCUT2D eigenvalue weighted by atomic mass is 16.6. The van der Waals surface area contributed by atoms with Crippen molar-refractivity contribution in [3.63, 3.8) is 0 Å². The lowest BCUT2D eigenvalue weighted by Crippen LogP contribution is -2.30. The third-order valence-electron chi connectivity index (χ3n) is 14.7. The molecular weight excluding hydrogens is 1010 g/mol. The maximum Gasteiger partial charge on any atom is 0.306 e. The van der Waals surface area contributed by atoms with Gasteiger partial charge in [0, 0.05) is 19.3 Å². The van der Waals surface area contributed by atoms with Crippen LogP contribution in [0.2, 0.25) is 0 Å². The fraction of sp³-hybridized carbons (Fsp3) is 0.697. The number of allylic oxidation sites excluding steroid dienone is 20. The van der Waals surface area contributed by atoms with Crippen molar-refractivity contribution in [2.75, 3.05) is 13.2 Å². The van der Waals surface area contributed by atoms with Crippen LogP contribution in [0.4, 0.5) is 0 Å². The van der Waals surface area contributed by atoms with Gasteiger partial charge in [-0.05, 0) is 135 Å². The molecule has 0 aliphatic carbocycles. The lowest BCUT2D eigenvalue weighted by molar-refractivity contribution is -0.167. The van der Waals surface area contributed by atoms with Gasteiger partial charge in [-0.1, -0.05) is 290 Å². The number of rotatable bonds is 62. The smallest absolute Gasteiger partial charge is 0.306 e. The lowest BCUT2D eigenvalue weighted by atomic mass is 10.0. The number of hydrogen-bond acceptors (Lipinski definition) is 6. The van der Waals surface area contributed by atoms with Crippen molar-refractivity contribution in [3.8, 4) is 0 Å². The van der Waals surface area contributed by atoms with Gasteiger partial charge in [-0.25, -0.2) is 0 Å². The molecule has 1 atom stereocenters. The highest BCUT2D eigenvalue weighted by Gasteiger charge is 2.19. The lowest BCUT2D eigenvalue weighted by Gasteiger charge is -2.18. The van der Waals surface area contributed by atoms with Gasteiger partial charge in [0.15, 0.2) is 6.10 Å². The molecule has 0 saturated heterocycles. The summed E-state index contributed by atoms with van der Waals surface area (Å²) in [5.41, 5.74) is 0. The summed E-state index contributed by atoms with van der Waals surface area (Å²) < 4.78 is 16.9. The van der Waals surface area contributed by atoms with Gasteiger partial charge in [-0.15, -0.1) is 0 Å². The van der Waals surface area contributed by atoms with Crippen LogP contribution in [-0.4, -0.2) is 37.2 Å². The van der Waals surface area contributed by atoms with Crippen LogP contribution in [0.5, 0.6) is 0 Å². The zero-order valence-electron chi connectivity index (χ0n) is 53.7. The molecule has 0 heterocycles. The van der Waals surface area contributed by atoms with Crippen molar-refractivity contribution < 1.29 is 28.6 Å². The number of unbranched alkanes of at least 4 members (excludes halogenated alkanes) is 31. The molecule has 1 unspecified atom stereocenters. The van der Waals surface area contributed by atoms with Crippen LogP contribution < -0.4 is 0 Å². The molecule has 0 fully saturated rings. The Morgan fingerprint density at radius 3 is 0.768 bits per heavy atom. The molecular formula is C76H128O6. The second-order valence-electron chi connectivity index (χ2n) is 22.7. The van der Waals surface area contributed by atoms with Gasteiger partial charge in [0.1, 0.15) is 13.2 Å². The van der Waals surface area contributed by atoms with Crippen molar-refractivity contribution >= 4 is 17.9 Å². The van der Waals surface area contributed by atoms with E-state index in [4.69, 9.17) is 14.2 Å². The third kappa shape index (κ3) is 66.6. The van der Waals surface area contributed by atoms with Gasteiger partial charge in [0.05, 0.1) is 0 Å². The summed E-state index contributed by atoms with van der Waals surface area (Å²) in [5, 5.41) is 0. The summed E-state index contributed by atoms with van der Waals surface area (Å²) in [5.74, 6) is -0.937. The Bertz CT molecular complexity index is 1690. The standard InChI is InChI=1S/C76H128O6/c1-4-7-10-13-16-19-22-25-28-31-33-34-35-36-37-38-39-40-41-42-44-45-48-51-54-57-60-63-66-69-75(78)81-72-73(71-80-74(77)68-65-62-59-56-53-50-47-30-27-24-21-18-15-12-9-6-3)82-76(79)70-67-64-61-58-55-52-49-46-43-32-29-26-23-20-17-14-11-8-5-2/h8,11,17,20-22,24-26,29-31,33,35-36,43,46-47,52,55,73H,4-7,9-10,12-16,18-19,23,27-28,32,34,37-42,44-45,48-51,53-54,56-72H2,1-3H3/b11-8-,20-17-,24-21-,25-22-,29-26-,33-31-,36-35-,46-43-,47-30-,55-52-. The van der Waals surface area contributed by atoms with Crippen LogP contribution in [0.1, 0.15) is 323 Å². The van der Waals surface area contributed by atoms with E-state index < -0.39 is 6.10 Å². The number of hydrogen-bond donors (Lipinski definition) is 0. The predicted molar refractivity (Wildman–Crippen MR) is 357 cm³/mol. The second kappa shape index (κ2) is 69.3. The molecule has 468 valence electrons. The molecule has 0 radical (unpaired) electrons. The van der Waals surface area contributed by atoms with Crippen LogP contribution in [-0.2, 0) is 28.6 Å². The summed E-state index contributed by atoms with van der Waals surface area (Å²) in [6.07, 6.45) is 96.4. The van der Waals surface area contributed by atoms with Crippen molar-refractivity contribution in [3.05, 3.63) is 122 Å². The largest absolute Gasteiger partial charge is 0.462 e. The molecule has 0 aromatic rings. The van der Waals surface area contributed by atoms with Gasteiger partial charge < -0.3 is 14.2 Å². The first-order chi connectivity index (χ1) is 40.5. The van der Waals surface area contributed by atoms with E-state index in [1.165, 1.54) is 148 Å². The van der Waals surface area contributed by atoms with E-state index in [9.17, 15) is 14.4 Å². The van der Waals surface area contributed by atoms with E-state index in [0.717, 1.165) is 135 Å². The molecule has 0 amide bonds. The molecule has 6 heteroatoms. The minimum atomic E-state index is -0.806. The zero-order chi connectivity index (χ0) is 59.2. The fourth-order valence-corrected chi connectivity index (χ4v) is 9.51. The summed E-state index contributed by atoms with van der Waals surface area (Å²) in [6, 6.07) is 0. The van der Waals surface area contributed by atoms with Crippen LogP contribution in [0.25, 0.3) is 0 Å². The normalized spacial score (nSPS) is 12.9. The van der Waals surface area contributed by atoms with E-state index >= 15 is 0 Å². The maximum absolute atomic E-state index is 12.9. The second-order valence-corrected chi connectivity index (χ2v) is 22.7. The Balaban J connectivity index is 4.36. The van der Waals surface area contributed by atoms with E-state index in [1.54, 1.807) is 0 Å². The first-order valence-corrected chi connectivity index (χ1v) is 34.5. The molecule has 82 heavy (non-hydrogen) atoms. The zero-order valence-corrected chi connectivity index (χ0v) is 53.7. The Hall–Kier alpha value is -4.19. The summed E-state index contributed by atoms with van der Waals surface area (Å²) in [7, 11) is 0. The minimum Gasteiger partial charge on any atom is -0.462 e. The summed E-state index contributed by atoms with van der Waals surface area (Å²) in [4.78, 5) is 38.4. The Morgan fingerprint density at radius 1 is 0.256 bits per heavy atom.